The van der Waals surface area contributed by atoms with Crippen LogP contribution in [0.3, 0.4) is 0 Å². The molecular formula is C19H21NO3. The number of hydrogen-bond donors (Lipinski definition) is 0. The van der Waals surface area contributed by atoms with Crippen LogP contribution in [0.25, 0.3) is 0 Å². The summed E-state index contributed by atoms with van der Waals surface area (Å²) < 4.78 is 10.9. The first-order chi connectivity index (χ1) is 11.2. The summed E-state index contributed by atoms with van der Waals surface area (Å²) in [5, 5.41) is 0. The van der Waals surface area contributed by atoms with Crippen LogP contribution in [0.5, 0.6) is 11.5 Å². The minimum Gasteiger partial charge on any atom is -0.493 e. The Morgan fingerprint density at radius 2 is 1.96 bits per heavy atom. The third-order valence-corrected chi connectivity index (χ3v) is 4.07. The van der Waals surface area contributed by atoms with Crippen molar-refractivity contribution in [3.05, 3.63) is 53.6 Å². The van der Waals surface area contributed by atoms with Gasteiger partial charge in [-0.3, -0.25) is 4.79 Å². The Hall–Kier alpha value is -2.49. The Labute approximate surface area is 136 Å². The predicted octanol–water partition coefficient (Wildman–Crippen LogP) is 3.36. The third kappa shape index (κ3) is 3.31. The third-order valence-electron chi connectivity index (χ3n) is 4.07. The van der Waals surface area contributed by atoms with Crippen molar-refractivity contribution in [2.75, 3.05) is 25.2 Å². The van der Waals surface area contributed by atoms with E-state index in [1.54, 1.807) is 13.2 Å². The van der Waals surface area contributed by atoms with Crippen molar-refractivity contribution < 1.29 is 14.3 Å². The molecule has 0 radical (unpaired) electrons. The molecule has 0 saturated carbocycles. The number of amides is 1. The monoisotopic (exact) mass is 311 g/mol. The maximum absolute atomic E-state index is 12.6. The van der Waals surface area contributed by atoms with Crippen LogP contribution in [-0.4, -0.2) is 26.2 Å². The minimum absolute atomic E-state index is 0.00763. The number of benzene rings is 2. The number of para-hydroxylation sites is 2. The fraction of sp³-hybridized carbons (Fsp3) is 0.316. The van der Waals surface area contributed by atoms with Gasteiger partial charge in [-0.25, -0.2) is 0 Å². The van der Waals surface area contributed by atoms with Gasteiger partial charge in [-0.15, -0.1) is 0 Å². The molecule has 0 spiro atoms. The number of anilines is 1. The summed E-state index contributed by atoms with van der Waals surface area (Å²) >= 11 is 0. The van der Waals surface area contributed by atoms with Gasteiger partial charge >= 0.3 is 0 Å². The highest BCUT2D eigenvalue weighted by molar-refractivity contribution is 5.95. The summed E-state index contributed by atoms with van der Waals surface area (Å²) in [5.41, 5.74) is 3.47. The molecule has 1 amide bonds. The lowest BCUT2D eigenvalue weighted by Gasteiger charge is -2.29. The van der Waals surface area contributed by atoms with Crippen molar-refractivity contribution in [3.8, 4) is 11.5 Å². The standard InChI is InChI=1S/C19H21NO3/c1-14-9-10-16-15(12-14)6-5-11-20(16)19(21)13-23-18-8-4-3-7-17(18)22-2/h3-4,7-10,12H,5-6,11,13H2,1-2H3. The molecule has 23 heavy (non-hydrogen) atoms. The predicted molar refractivity (Wildman–Crippen MR) is 90.3 cm³/mol. The first-order valence-electron chi connectivity index (χ1n) is 7.85. The van der Waals surface area contributed by atoms with Crippen molar-refractivity contribution >= 4 is 11.6 Å². The fourth-order valence-electron chi connectivity index (χ4n) is 2.94. The van der Waals surface area contributed by atoms with Crippen molar-refractivity contribution in [3.63, 3.8) is 0 Å². The van der Waals surface area contributed by atoms with Gasteiger partial charge in [0.15, 0.2) is 18.1 Å². The first-order valence-corrected chi connectivity index (χ1v) is 7.85. The molecule has 4 nitrogen and oxygen atoms in total. The molecule has 4 heteroatoms. The number of carbonyl (C=O) groups excluding carboxylic acids is 1. The average Bonchev–Trinajstić information content (AvgIpc) is 2.59. The highest BCUT2D eigenvalue weighted by atomic mass is 16.5. The second-order valence-electron chi connectivity index (χ2n) is 5.72. The lowest BCUT2D eigenvalue weighted by Crippen LogP contribution is -2.38. The van der Waals surface area contributed by atoms with E-state index in [9.17, 15) is 4.79 Å². The number of methoxy groups -OCH3 is 1. The van der Waals surface area contributed by atoms with Gasteiger partial charge in [-0.1, -0.05) is 29.8 Å². The Kier molecular flexibility index (Phi) is 4.51. The molecule has 0 aromatic heterocycles. The van der Waals surface area contributed by atoms with E-state index in [0.29, 0.717) is 11.5 Å². The molecule has 1 aliphatic heterocycles. The van der Waals surface area contributed by atoms with Crippen molar-refractivity contribution in [1.82, 2.24) is 0 Å². The van der Waals surface area contributed by atoms with Crippen LogP contribution < -0.4 is 14.4 Å². The second kappa shape index (κ2) is 6.73. The van der Waals surface area contributed by atoms with Gasteiger partial charge in [0.05, 0.1) is 7.11 Å². The molecule has 3 rings (SSSR count). The summed E-state index contributed by atoms with van der Waals surface area (Å²) in [5.74, 6) is 1.19. The molecule has 1 heterocycles. The van der Waals surface area contributed by atoms with Crippen molar-refractivity contribution in [1.29, 1.82) is 0 Å². The second-order valence-corrected chi connectivity index (χ2v) is 5.72. The number of aryl methyl sites for hydroxylation is 2. The lowest BCUT2D eigenvalue weighted by molar-refractivity contribution is -0.120. The zero-order valence-corrected chi connectivity index (χ0v) is 13.5. The molecular weight excluding hydrogens is 290 g/mol. The number of rotatable bonds is 4. The topological polar surface area (TPSA) is 38.8 Å². The molecule has 0 saturated heterocycles. The van der Waals surface area contributed by atoms with E-state index in [4.69, 9.17) is 9.47 Å². The smallest absolute Gasteiger partial charge is 0.264 e. The number of ether oxygens (including phenoxy) is 2. The molecule has 0 N–H and O–H groups in total. The zero-order chi connectivity index (χ0) is 16.2. The summed E-state index contributed by atoms with van der Waals surface area (Å²) in [6.45, 7) is 2.82. The summed E-state index contributed by atoms with van der Waals surface area (Å²) in [4.78, 5) is 14.4. The molecule has 120 valence electrons. The minimum atomic E-state index is -0.0271. The van der Waals surface area contributed by atoms with Gasteiger partial charge < -0.3 is 14.4 Å². The van der Waals surface area contributed by atoms with Crippen molar-refractivity contribution in [2.24, 2.45) is 0 Å². The van der Waals surface area contributed by atoms with Gasteiger partial charge in [0.1, 0.15) is 0 Å². The maximum atomic E-state index is 12.6. The van der Waals surface area contributed by atoms with E-state index in [1.807, 2.05) is 35.2 Å². The van der Waals surface area contributed by atoms with E-state index >= 15 is 0 Å². The number of carbonyl (C=O) groups is 1. The molecule has 0 bridgehead atoms. The Morgan fingerprint density at radius 3 is 2.74 bits per heavy atom. The number of nitrogens with zero attached hydrogens (tertiary/aromatic N) is 1. The zero-order valence-electron chi connectivity index (χ0n) is 13.5. The number of fused-ring (bicyclic) bond motifs is 1. The van der Waals surface area contributed by atoms with Crippen LogP contribution in [0.2, 0.25) is 0 Å². The van der Waals surface area contributed by atoms with E-state index in [-0.39, 0.29) is 12.5 Å². The lowest BCUT2D eigenvalue weighted by atomic mass is 9.99. The molecule has 1 aliphatic rings. The van der Waals surface area contributed by atoms with Crippen LogP contribution in [-0.2, 0) is 11.2 Å². The average molecular weight is 311 g/mol. The number of hydrogen-bond acceptors (Lipinski definition) is 3. The van der Waals surface area contributed by atoms with Crippen molar-refractivity contribution in [2.45, 2.75) is 19.8 Å². The SMILES string of the molecule is COc1ccccc1OCC(=O)N1CCCc2cc(C)ccc21. The van der Waals surface area contributed by atoms with Crippen LogP contribution in [0.15, 0.2) is 42.5 Å². The molecule has 0 atom stereocenters. The van der Waals surface area contributed by atoms with Crippen LogP contribution >= 0.6 is 0 Å². The van der Waals surface area contributed by atoms with E-state index in [0.717, 1.165) is 25.1 Å². The normalized spacial score (nSPS) is 13.4. The molecule has 2 aromatic rings. The highest BCUT2D eigenvalue weighted by Crippen LogP contribution is 2.29. The molecule has 0 fully saturated rings. The van der Waals surface area contributed by atoms with Gasteiger partial charge in [-0.05, 0) is 43.5 Å². The van der Waals surface area contributed by atoms with Gasteiger partial charge in [-0.2, -0.15) is 0 Å². The van der Waals surface area contributed by atoms with Gasteiger partial charge in [0, 0.05) is 12.2 Å². The largest absolute Gasteiger partial charge is 0.493 e. The highest BCUT2D eigenvalue weighted by Gasteiger charge is 2.23. The summed E-state index contributed by atoms with van der Waals surface area (Å²) in [6.07, 6.45) is 2.00. The molecule has 0 unspecified atom stereocenters. The summed E-state index contributed by atoms with van der Waals surface area (Å²) in [7, 11) is 1.59. The van der Waals surface area contributed by atoms with Gasteiger partial charge in [0.25, 0.3) is 5.91 Å². The Balaban J connectivity index is 1.72. The molecule has 2 aromatic carbocycles. The van der Waals surface area contributed by atoms with Crippen LogP contribution in [0, 0.1) is 6.92 Å². The van der Waals surface area contributed by atoms with Crippen LogP contribution in [0.1, 0.15) is 17.5 Å². The molecule has 0 aliphatic carbocycles. The van der Waals surface area contributed by atoms with E-state index in [2.05, 4.69) is 13.0 Å². The quantitative estimate of drug-likeness (QED) is 0.869. The van der Waals surface area contributed by atoms with Gasteiger partial charge in [0.2, 0.25) is 0 Å². The van der Waals surface area contributed by atoms with E-state index in [1.165, 1.54) is 11.1 Å². The fourth-order valence-corrected chi connectivity index (χ4v) is 2.94. The first kappa shape index (κ1) is 15.4. The van der Waals surface area contributed by atoms with E-state index < -0.39 is 0 Å². The maximum Gasteiger partial charge on any atom is 0.264 e. The van der Waals surface area contributed by atoms with Crippen LogP contribution in [0.4, 0.5) is 5.69 Å². The Morgan fingerprint density at radius 1 is 1.17 bits per heavy atom. The summed E-state index contributed by atoms with van der Waals surface area (Å²) in [6, 6.07) is 13.6. The Bertz CT molecular complexity index is 712.